The van der Waals surface area contributed by atoms with Gasteiger partial charge in [0.25, 0.3) is 0 Å². The standard InChI is InChI=1S/C25H25NO4/c1-16-22(25(28)29-2)23(24-20(26-16)9-6-10-21(24)27)18-11-13-19(14-12-18)30-15-17-7-4-3-5-8-17/h3-5,7-8,11-14,23,26H,6,9-10,15H2,1-2H3. The van der Waals surface area contributed by atoms with Crippen LogP contribution in [0.15, 0.2) is 77.1 Å². The number of hydrogen-bond donors (Lipinski definition) is 1. The maximum Gasteiger partial charge on any atom is 0.336 e. The Hall–Kier alpha value is -3.34. The summed E-state index contributed by atoms with van der Waals surface area (Å²) < 4.78 is 10.9. The summed E-state index contributed by atoms with van der Waals surface area (Å²) in [5.41, 5.74) is 4.81. The minimum atomic E-state index is -0.426. The number of ether oxygens (including phenoxy) is 2. The first kappa shape index (κ1) is 20.0. The Morgan fingerprint density at radius 3 is 2.50 bits per heavy atom. The van der Waals surface area contributed by atoms with Crippen molar-refractivity contribution in [3.8, 4) is 5.75 Å². The van der Waals surface area contributed by atoms with Gasteiger partial charge in [-0.05, 0) is 43.0 Å². The monoisotopic (exact) mass is 403 g/mol. The first-order valence-electron chi connectivity index (χ1n) is 10.2. The highest BCUT2D eigenvalue weighted by atomic mass is 16.5. The van der Waals surface area contributed by atoms with Crippen LogP contribution in [-0.4, -0.2) is 18.9 Å². The Bertz CT molecular complexity index is 1020. The zero-order chi connectivity index (χ0) is 21.1. The van der Waals surface area contributed by atoms with E-state index in [1.54, 1.807) is 0 Å². The summed E-state index contributed by atoms with van der Waals surface area (Å²) in [5.74, 6) is -0.0166. The Kier molecular flexibility index (Phi) is 5.70. The number of ketones is 1. The van der Waals surface area contributed by atoms with E-state index in [9.17, 15) is 9.59 Å². The van der Waals surface area contributed by atoms with Gasteiger partial charge in [0.15, 0.2) is 5.78 Å². The molecule has 1 unspecified atom stereocenters. The van der Waals surface area contributed by atoms with Crippen molar-refractivity contribution in [3.63, 3.8) is 0 Å². The quantitative estimate of drug-likeness (QED) is 0.750. The van der Waals surface area contributed by atoms with Crippen molar-refractivity contribution < 1.29 is 19.1 Å². The van der Waals surface area contributed by atoms with Gasteiger partial charge in [0.05, 0.1) is 12.7 Å². The molecule has 1 N–H and O–H groups in total. The first-order valence-corrected chi connectivity index (χ1v) is 10.2. The molecule has 0 saturated carbocycles. The van der Waals surface area contributed by atoms with E-state index in [0.717, 1.165) is 41.1 Å². The number of dihydropyridines is 1. The molecular formula is C25H25NO4. The third-order valence-corrected chi connectivity index (χ3v) is 5.64. The van der Waals surface area contributed by atoms with Crippen molar-refractivity contribution in [1.29, 1.82) is 0 Å². The molecule has 1 atom stereocenters. The highest BCUT2D eigenvalue weighted by molar-refractivity contribution is 6.03. The maximum atomic E-state index is 12.8. The van der Waals surface area contributed by atoms with Gasteiger partial charge in [-0.15, -0.1) is 0 Å². The summed E-state index contributed by atoms with van der Waals surface area (Å²) in [6.07, 6.45) is 2.13. The van der Waals surface area contributed by atoms with Crippen LogP contribution in [-0.2, 0) is 20.9 Å². The largest absolute Gasteiger partial charge is 0.489 e. The molecule has 2 aromatic carbocycles. The second-order valence-electron chi connectivity index (χ2n) is 7.60. The highest BCUT2D eigenvalue weighted by Gasteiger charge is 2.38. The molecule has 2 aliphatic rings. The number of benzene rings is 2. The predicted molar refractivity (Wildman–Crippen MR) is 114 cm³/mol. The fourth-order valence-corrected chi connectivity index (χ4v) is 4.19. The van der Waals surface area contributed by atoms with Crippen LogP contribution < -0.4 is 10.1 Å². The van der Waals surface area contributed by atoms with E-state index < -0.39 is 11.9 Å². The average molecular weight is 403 g/mol. The Balaban J connectivity index is 1.64. The lowest BCUT2D eigenvalue weighted by Gasteiger charge is -2.34. The van der Waals surface area contributed by atoms with Crippen molar-refractivity contribution >= 4 is 11.8 Å². The predicted octanol–water partition coefficient (Wildman–Crippen LogP) is 4.41. The second-order valence-corrected chi connectivity index (χ2v) is 7.60. The third-order valence-electron chi connectivity index (χ3n) is 5.64. The molecule has 5 heteroatoms. The van der Waals surface area contributed by atoms with Crippen molar-refractivity contribution in [2.75, 3.05) is 7.11 Å². The fraction of sp³-hybridized carbons (Fsp3) is 0.280. The molecule has 0 radical (unpaired) electrons. The van der Waals surface area contributed by atoms with Gasteiger partial charge in [-0.1, -0.05) is 42.5 Å². The molecule has 1 aliphatic carbocycles. The van der Waals surface area contributed by atoms with E-state index in [4.69, 9.17) is 9.47 Å². The van der Waals surface area contributed by atoms with E-state index in [-0.39, 0.29) is 5.78 Å². The Morgan fingerprint density at radius 2 is 1.80 bits per heavy atom. The molecule has 2 aromatic rings. The number of methoxy groups -OCH3 is 1. The minimum absolute atomic E-state index is 0.0899. The SMILES string of the molecule is COC(=O)C1=C(C)NC2=C(C(=O)CCC2)C1c1ccc(OCc2ccccc2)cc1. The molecule has 154 valence electrons. The van der Waals surface area contributed by atoms with Crippen LogP contribution in [0.25, 0.3) is 0 Å². The maximum absolute atomic E-state index is 12.8. The molecule has 4 rings (SSSR count). The van der Waals surface area contributed by atoms with Crippen LogP contribution in [0.3, 0.4) is 0 Å². The van der Waals surface area contributed by atoms with E-state index in [0.29, 0.717) is 24.2 Å². The van der Waals surface area contributed by atoms with Gasteiger partial charge in [0.2, 0.25) is 0 Å². The third kappa shape index (κ3) is 3.88. The number of rotatable bonds is 5. The molecule has 0 amide bonds. The lowest BCUT2D eigenvalue weighted by atomic mass is 9.75. The minimum Gasteiger partial charge on any atom is -0.489 e. The van der Waals surface area contributed by atoms with E-state index in [1.807, 2.05) is 61.5 Å². The van der Waals surface area contributed by atoms with Crippen LogP contribution in [0.5, 0.6) is 5.75 Å². The summed E-state index contributed by atoms with van der Waals surface area (Å²) in [7, 11) is 1.37. The number of hydrogen-bond acceptors (Lipinski definition) is 5. The van der Waals surface area contributed by atoms with Crippen LogP contribution in [0.2, 0.25) is 0 Å². The van der Waals surface area contributed by atoms with Gasteiger partial charge in [-0.3, -0.25) is 4.79 Å². The normalized spacial score (nSPS) is 18.6. The van der Waals surface area contributed by atoms with Crippen LogP contribution >= 0.6 is 0 Å². The van der Waals surface area contributed by atoms with E-state index in [1.165, 1.54) is 7.11 Å². The number of allylic oxidation sites excluding steroid dienone is 3. The van der Waals surface area contributed by atoms with Crippen LogP contribution in [0.4, 0.5) is 0 Å². The van der Waals surface area contributed by atoms with Crippen molar-refractivity contribution in [3.05, 3.63) is 88.3 Å². The molecule has 0 bridgehead atoms. The number of carbonyl (C=O) groups excluding carboxylic acids is 2. The second kappa shape index (κ2) is 8.57. The molecule has 0 spiro atoms. The van der Waals surface area contributed by atoms with Gasteiger partial charge >= 0.3 is 5.97 Å². The highest BCUT2D eigenvalue weighted by Crippen LogP contribution is 2.42. The number of nitrogens with one attached hydrogen (secondary N) is 1. The Labute approximate surface area is 176 Å². The summed E-state index contributed by atoms with van der Waals surface area (Å²) in [6, 6.07) is 17.6. The summed E-state index contributed by atoms with van der Waals surface area (Å²) >= 11 is 0. The lowest BCUT2D eigenvalue weighted by molar-refractivity contribution is -0.136. The van der Waals surface area contributed by atoms with Gasteiger partial charge in [0.1, 0.15) is 12.4 Å². The van der Waals surface area contributed by atoms with Gasteiger partial charge in [0, 0.05) is 29.3 Å². The molecule has 0 saturated heterocycles. The number of esters is 1. The summed E-state index contributed by atoms with van der Waals surface area (Å²) in [4.78, 5) is 25.4. The molecule has 1 aliphatic heterocycles. The van der Waals surface area contributed by atoms with Crippen LogP contribution in [0.1, 0.15) is 43.2 Å². The molecule has 0 aromatic heterocycles. The van der Waals surface area contributed by atoms with Gasteiger partial charge in [-0.2, -0.15) is 0 Å². The summed E-state index contributed by atoms with van der Waals surface area (Å²) in [6.45, 7) is 2.34. The smallest absolute Gasteiger partial charge is 0.336 e. The zero-order valence-corrected chi connectivity index (χ0v) is 17.2. The van der Waals surface area contributed by atoms with Crippen molar-refractivity contribution in [2.45, 2.75) is 38.7 Å². The average Bonchev–Trinajstić information content (AvgIpc) is 2.77. The van der Waals surface area contributed by atoms with E-state index >= 15 is 0 Å². The molecule has 30 heavy (non-hydrogen) atoms. The molecular weight excluding hydrogens is 378 g/mol. The Morgan fingerprint density at radius 1 is 1.07 bits per heavy atom. The topological polar surface area (TPSA) is 64.6 Å². The zero-order valence-electron chi connectivity index (χ0n) is 17.2. The van der Waals surface area contributed by atoms with Crippen molar-refractivity contribution in [1.82, 2.24) is 5.32 Å². The van der Waals surface area contributed by atoms with Gasteiger partial charge < -0.3 is 14.8 Å². The molecule has 1 heterocycles. The van der Waals surface area contributed by atoms with Crippen molar-refractivity contribution in [2.24, 2.45) is 0 Å². The lowest BCUT2D eigenvalue weighted by Crippen LogP contribution is -2.34. The first-order chi connectivity index (χ1) is 14.6. The van der Waals surface area contributed by atoms with Crippen LogP contribution in [0, 0.1) is 0 Å². The fourth-order valence-electron chi connectivity index (χ4n) is 4.19. The molecule has 0 fully saturated rings. The van der Waals surface area contributed by atoms with Gasteiger partial charge in [-0.25, -0.2) is 4.79 Å². The number of Topliss-reactive ketones (excluding diaryl/α,β-unsaturated/α-hetero) is 1. The summed E-state index contributed by atoms with van der Waals surface area (Å²) in [5, 5.41) is 3.28. The number of carbonyl (C=O) groups is 2. The van der Waals surface area contributed by atoms with E-state index in [2.05, 4.69) is 5.32 Å². The molecule has 5 nitrogen and oxygen atoms in total.